The van der Waals surface area contributed by atoms with Crippen LogP contribution in [0, 0.1) is 23.4 Å². The second-order valence-electron chi connectivity index (χ2n) is 12.7. The molecule has 46 heavy (non-hydrogen) atoms. The number of fused-ring (bicyclic) bond motifs is 2. The van der Waals surface area contributed by atoms with Crippen LogP contribution in [-0.2, 0) is 26.0 Å². The molecule has 3 heterocycles. The van der Waals surface area contributed by atoms with E-state index in [0.717, 1.165) is 12.5 Å². The molecule has 3 aliphatic rings. The van der Waals surface area contributed by atoms with Crippen LogP contribution in [0.2, 0.25) is 0 Å². The molecule has 252 valence electrons. The third-order valence-corrected chi connectivity index (χ3v) is 11.3. The Morgan fingerprint density at radius 3 is 2.46 bits per heavy atom. The Labute approximate surface area is 267 Å². The van der Waals surface area contributed by atoms with Crippen molar-refractivity contribution < 1.29 is 41.0 Å². The van der Waals surface area contributed by atoms with Crippen molar-refractivity contribution in [1.82, 2.24) is 14.9 Å². The van der Waals surface area contributed by atoms with Crippen LogP contribution in [-0.4, -0.2) is 79.0 Å². The van der Waals surface area contributed by atoms with Crippen molar-refractivity contribution in [3.8, 4) is 0 Å². The zero-order valence-electron chi connectivity index (χ0n) is 25.8. The number of carboxylic acid groups (broad SMARTS) is 1. The standard InChI is InChI=1S/C32H41F3N4O6S/c1-18-14-21(15-19(2)45-18)28(20-5-7-22(33)8-6-20)30(38-32(41)42)31(40)37-27-12-11-26(34)29(35)25(27)10-9-24-16-36-23-4-3-13-46(43,44)39(24)17-23/h5-8,11-12,18-19,21,23-24,28,30,36,38H,3-4,9-10,13-17H2,1-2H3,(H,37,40)(H,41,42)/t18-,19+,21?,23-,24+,28?,30?/m1/s1. The first-order valence-corrected chi connectivity index (χ1v) is 17.3. The highest BCUT2D eigenvalue weighted by Gasteiger charge is 2.41. The van der Waals surface area contributed by atoms with Gasteiger partial charge in [-0.3, -0.25) is 4.79 Å². The summed E-state index contributed by atoms with van der Waals surface area (Å²) in [5, 5.41) is 18.1. The Hall–Kier alpha value is -3.20. The molecule has 3 fully saturated rings. The first-order chi connectivity index (χ1) is 21.8. The minimum Gasteiger partial charge on any atom is -0.465 e. The number of halogens is 3. The number of carbonyl (C=O) groups is 2. The summed E-state index contributed by atoms with van der Waals surface area (Å²) in [5.41, 5.74) is 0.338. The van der Waals surface area contributed by atoms with Crippen LogP contribution < -0.4 is 16.0 Å². The summed E-state index contributed by atoms with van der Waals surface area (Å²) in [6, 6.07) is 5.75. The zero-order valence-corrected chi connectivity index (χ0v) is 26.7. The molecule has 0 saturated carbocycles. The van der Waals surface area contributed by atoms with E-state index in [2.05, 4.69) is 16.0 Å². The van der Waals surface area contributed by atoms with Gasteiger partial charge >= 0.3 is 6.09 Å². The van der Waals surface area contributed by atoms with Crippen LogP contribution in [0.3, 0.4) is 0 Å². The topological polar surface area (TPSA) is 137 Å². The van der Waals surface area contributed by atoms with E-state index in [1.807, 2.05) is 13.8 Å². The third-order valence-electron chi connectivity index (χ3n) is 9.36. The van der Waals surface area contributed by atoms with E-state index in [-0.39, 0.29) is 54.0 Å². The molecule has 2 bridgehead atoms. The van der Waals surface area contributed by atoms with Crippen molar-refractivity contribution in [2.75, 3.05) is 24.2 Å². The molecule has 3 saturated heterocycles. The Morgan fingerprint density at radius 1 is 1.09 bits per heavy atom. The first kappa shape index (κ1) is 34.1. The number of sulfonamides is 1. The molecular formula is C32H41F3N4O6S. The van der Waals surface area contributed by atoms with Crippen LogP contribution in [0.15, 0.2) is 36.4 Å². The summed E-state index contributed by atoms with van der Waals surface area (Å²) < 4.78 is 77.0. The van der Waals surface area contributed by atoms with Crippen molar-refractivity contribution in [3.05, 3.63) is 65.0 Å². The third kappa shape index (κ3) is 7.84. The van der Waals surface area contributed by atoms with Crippen molar-refractivity contribution in [2.45, 2.75) is 88.6 Å². The highest BCUT2D eigenvalue weighted by molar-refractivity contribution is 7.89. The van der Waals surface area contributed by atoms with Gasteiger partial charge < -0.3 is 25.8 Å². The molecule has 2 amide bonds. The largest absolute Gasteiger partial charge is 0.465 e. The lowest BCUT2D eigenvalue weighted by Crippen LogP contribution is -2.57. The van der Waals surface area contributed by atoms with Gasteiger partial charge in [0.2, 0.25) is 15.9 Å². The Bertz CT molecular complexity index is 1520. The van der Waals surface area contributed by atoms with Gasteiger partial charge in [0.05, 0.1) is 18.0 Å². The Morgan fingerprint density at radius 2 is 1.78 bits per heavy atom. The number of rotatable bonds is 9. The molecule has 2 aromatic rings. The van der Waals surface area contributed by atoms with Crippen molar-refractivity contribution >= 4 is 27.7 Å². The summed E-state index contributed by atoms with van der Waals surface area (Å²) in [7, 11) is -3.51. The molecule has 0 aliphatic carbocycles. The van der Waals surface area contributed by atoms with Gasteiger partial charge in [0.25, 0.3) is 0 Å². The number of nitrogens with one attached hydrogen (secondary N) is 3. The summed E-state index contributed by atoms with van der Waals surface area (Å²) in [5.74, 6) is -4.56. The van der Waals surface area contributed by atoms with Crippen LogP contribution in [0.25, 0.3) is 0 Å². The molecule has 8 atom stereocenters. The minimum atomic E-state index is -3.51. The average Bonchev–Trinajstić information content (AvgIpc) is 3.10. The fraction of sp³-hybridized carbons (Fsp3) is 0.562. The van der Waals surface area contributed by atoms with E-state index < -0.39 is 57.5 Å². The summed E-state index contributed by atoms with van der Waals surface area (Å²) in [6.07, 6.45) is 0.521. The van der Waals surface area contributed by atoms with Crippen molar-refractivity contribution in [1.29, 1.82) is 0 Å². The number of hydrogen-bond acceptors (Lipinski definition) is 6. The summed E-state index contributed by atoms with van der Waals surface area (Å²) in [6.45, 7) is 4.43. The van der Waals surface area contributed by atoms with E-state index >= 15 is 4.39 Å². The smallest absolute Gasteiger partial charge is 0.405 e. The molecule has 14 heteroatoms. The van der Waals surface area contributed by atoms with Gasteiger partial charge in [-0.2, -0.15) is 4.31 Å². The van der Waals surface area contributed by atoms with E-state index in [0.29, 0.717) is 37.9 Å². The van der Waals surface area contributed by atoms with Crippen LogP contribution >= 0.6 is 0 Å². The highest BCUT2D eigenvalue weighted by Crippen LogP contribution is 2.39. The molecule has 0 radical (unpaired) electrons. The van der Waals surface area contributed by atoms with Crippen molar-refractivity contribution in [3.63, 3.8) is 0 Å². The number of hydrogen-bond donors (Lipinski definition) is 4. The molecule has 3 aliphatic heterocycles. The number of anilines is 1. The number of piperazine rings is 1. The zero-order chi connectivity index (χ0) is 33.2. The van der Waals surface area contributed by atoms with Gasteiger partial charge in [-0.15, -0.1) is 0 Å². The predicted octanol–water partition coefficient (Wildman–Crippen LogP) is 4.36. The van der Waals surface area contributed by atoms with Gasteiger partial charge in [-0.1, -0.05) is 12.1 Å². The quantitative estimate of drug-likeness (QED) is 0.312. The molecule has 0 aromatic heterocycles. The maximum atomic E-state index is 15.4. The SMILES string of the molecule is C[C@@H]1CC(C(c2ccc(F)cc2)C(NC(=O)O)C(=O)Nc2ccc(F)c(F)c2CC[C@H]2CN[C@@H]3CCCS(=O)(=O)N2C3)C[C@H](C)O1. The van der Waals surface area contributed by atoms with Gasteiger partial charge in [0, 0.05) is 42.3 Å². The second-order valence-corrected chi connectivity index (χ2v) is 14.7. The first-order valence-electron chi connectivity index (χ1n) is 15.7. The minimum absolute atomic E-state index is 0.0230. The fourth-order valence-corrected chi connectivity index (χ4v) is 9.15. The maximum Gasteiger partial charge on any atom is 0.405 e. The van der Waals surface area contributed by atoms with Crippen LogP contribution in [0.4, 0.5) is 23.7 Å². The molecular weight excluding hydrogens is 625 g/mol. The lowest BCUT2D eigenvalue weighted by molar-refractivity contribution is -0.120. The van der Waals surface area contributed by atoms with E-state index in [1.54, 1.807) is 0 Å². The van der Waals surface area contributed by atoms with Gasteiger partial charge in [0.15, 0.2) is 11.6 Å². The van der Waals surface area contributed by atoms with Gasteiger partial charge in [0.1, 0.15) is 11.9 Å². The molecule has 0 spiro atoms. The lowest BCUT2D eigenvalue weighted by atomic mass is 9.74. The van der Waals surface area contributed by atoms with Crippen molar-refractivity contribution in [2.24, 2.45) is 5.92 Å². The summed E-state index contributed by atoms with van der Waals surface area (Å²) >= 11 is 0. The molecule has 4 N–H and O–H groups in total. The van der Waals surface area contributed by atoms with E-state index in [9.17, 15) is 31.9 Å². The van der Waals surface area contributed by atoms with Crippen LogP contribution in [0.1, 0.15) is 63.0 Å². The Kier molecular flexibility index (Phi) is 10.6. The molecule has 10 nitrogen and oxygen atoms in total. The number of carbonyl (C=O) groups excluding carboxylic acids is 1. The maximum absolute atomic E-state index is 15.4. The van der Waals surface area contributed by atoms with Crippen LogP contribution in [0.5, 0.6) is 0 Å². The van der Waals surface area contributed by atoms with Gasteiger partial charge in [-0.25, -0.2) is 26.4 Å². The number of nitrogens with zero attached hydrogens (tertiary/aromatic N) is 1. The lowest BCUT2D eigenvalue weighted by Gasteiger charge is -2.40. The molecule has 5 rings (SSSR count). The second kappa shape index (κ2) is 14.3. The van der Waals surface area contributed by atoms with E-state index in [1.165, 1.54) is 34.6 Å². The van der Waals surface area contributed by atoms with E-state index in [4.69, 9.17) is 4.74 Å². The Balaban J connectivity index is 1.43. The number of ether oxygens (including phenoxy) is 1. The molecule has 4 unspecified atom stereocenters. The predicted molar refractivity (Wildman–Crippen MR) is 165 cm³/mol. The highest BCUT2D eigenvalue weighted by atomic mass is 32.2. The fourth-order valence-electron chi connectivity index (χ4n) is 7.34. The monoisotopic (exact) mass is 666 g/mol. The summed E-state index contributed by atoms with van der Waals surface area (Å²) in [4.78, 5) is 26.0. The average molecular weight is 667 g/mol. The number of amides is 2. The van der Waals surface area contributed by atoms with Gasteiger partial charge in [-0.05, 0) is 88.1 Å². The molecule has 2 aromatic carbocycles. The normalized spacial score (nSPS) is 28.8. The number of benzene rings is 2.